The Balaban J connectivity index is 1.18. The normalized spacial score (nSPS) is 21.0. The summed E-state index contributed by atoms with van der Waals surface area (Å²) >= 11 is 0. The molecule has 1 aromatic carbocycles. The van der Waals surface area contributed by atoms with Crippen molar-refractivity contribution in [3.63, 3.8) is 0 Å². The largest absolute Gasteiger partial charge is 0.387 e. The first-order valence-corrected chi connectivity index (χ1v) is 10.4. The van der Waals surface area contributed by atoms with Gasteiger partial charge in [-0.05, 0) is 49.8 Å². The van der Waals surface area contributed by atoms with E-state index >= 15 is 0 Å². The Hall–Kier alpha value is -2.77. The van der Waals surface area contributed by atoms with Crippen molar-refractivity contribution < 1.29 is 5.11 Å². The zero-order valence-corrected chi connectivity index (χ0v) is 16.3. The minimum absolute atomic E-state index is 0.444. The zero-order chi connectivity index (χ0) is 19.6. The van der Waals surface area contributed by atoms with Crippen LogP contribution in [0.1, 0.15) is 49.0 Å². The van der Waals surface area contributed by atoms with Crippen molar-refractivity contribution in [3.8, 4) is 0 Å². The molecule has 3 aromatic heterocycles. The predicted molar refractivity (Wildman–Crippen MR) is 112 cm³/mol. The van der Waals surface area contributed by atoms with Gasteiger partial charge in [-0.2, -0.15) is 0 Å². The first-order valence-electron chi connectivity index (χ1n) is 10.4. The summed E-state index contributed by atoms with van der Waals surface area (Å²) in [5.74, 6) is 1.09. The van der Waals surface area contributed by atoms with Gasteiger partial charge in [0, 0.05) is 24.0 Å². The topological polar surface area (TPSA) is 91.1 Å². The van der Waals surface area contributed by atoms with Crippen LogP contribution in [0.3, 0.4) is 0 Å². The minimum atomic E-state index is -0.451. The van der Waals surface area contributed by atoms with Crippen LogP contribution >= 0.6 is 0 Å². The summed E-state index contributed by atoms with van der Waals surface area (Å²) in [7, 11) is 0. The molecule has 29 heavy (non-hydrogen) atoms. The van der Waals surface area contributed by atoms with E-state index in [4.69, 9.17) is 0 Å². The number of H-pyrrole nitrogens is 1. The highest BCUT2D eigenvalue weighted by Crippen LogP contribution is 2.37. The molecule has 7 nitrogen and oxygen atoms in total. The molecule has 0 aliphatic heterocycles. The van der Waals surface area contributed by atoms with Gasteiger partial charge in [-0.25, -0.2) is 9.50 Å². The van der Waals surface area contributed by atoms with Crippen molar-refractivity contribution in [1.29, 1.82) is 0 Å². The maximum Gasteiger partial charge on any atom is 0.141 e. The molecular formula is C22H26N6O. The molecule has 0 unspecified atom stereocenters. The molecule has 0 amide bonds. The third-order valence-electron chi connectivity index (χ3n) is 6.19. The van der Waals surface area contributed by atoms with Crippen molar-refractivity contribution in [2.75, 3.05) is 13.1 Å². The van der Waals surface area contributed by atoms with E-state index in [9.17, 15) is 5.11 Å². The first-order chi connectivity index (χ1) is 14.3. The van der Waals surface area contributed by atoms with Gasteiger partial charge in [-0.15, -0.1) is 5.10 Å². The number of hydrogen-bond donors (Lipinski definition) is 3. The number of aliphatic hydroxyl groups excluding tert-OH is 1. The molecule has 1 saturated carbocycles. The maximum atomic E-state index is 10.3. The maximum absolute atomic E-state index is 10.3. The third-order valence-corrected chi connectivity index (χ3v) is 6.19. The molecular weight excluding hydrogens is 364 g/mol. The lowest BCUT2D eigenvalue weighted by molar-refractivity contribution is 0.170. The quantitative estimate of drug-likeness (QED) is 0.470. The van der Waals surface area contributed by atoms with Crippen LogP contribution in [0.2, 0.25) is 0 Å². The fourth-order valence-electron chi connectivity index (χ4n) is 4.55. The number of rotatable bonds is 6. The summed E-state index contributed by atoms with van der Waals surface area (Å²) in [5, 5.41) is 23.6. The van der Waals surface area contributed by atoms with Crippen molar-refractivity contribution in [3.05, 3.63) is 60.2 Å². The van der Waals surface area contributed by atoms with Gasteiger partial charge >= 0.3 is 0 Å². The number of aromatic amines is 1. The standard InChI is InChI=1S/C22H26N6O/c29-19(16-4-2-1-3-5-16)13-23-12-15-6-8-17(9-7-15)20-21-18-10-11-24-22(18)25-14-28(21)27-26-20/h1-5,10-11,14-15,17,19,23-24,29H,6-9,12-13H2/t15?,17?,19-/m0/s1. The van der Waals surface area contributed by atoms with Crippen LogP contribution in [0.4, 0.5) is 0 Å². The molecule has 150 valence electrons. The van der Waals surface area contributed by atoms with E-state index in [2.05, 4.69) is 31.7 Å². The van der Waals surface area contributed by atoms with Gasteiger partial charge in [-0.1, -0.05) is 35.5 Å². The van der Waals surface area contributed by atoms with Gasteiger partial charge in [-0.3, -0.25) is 0 Å². The SMILES string of the molecule is O[C@@H](CNCC1CCC(c2nnn3cnc4[nH]ccc4c23)CC1)c1ccccc1. The number of aliphatic hydroxyl groups is 1. The smallest absolute Gasteiger partial charge is 0.141 e. The van der Waals surface area contributed by atoms with E-state index < -0.39 is 6.10 Å². The molecule has 1 fully saturated rings. The molecule has 1 atom stereocenters. The first kappa shape index (κ1) is 18.3. The summed E-state index contributed by atoms with van der Waals surface area (Å²) in [6.45, 7) is 1.54. The van der Waals surface area contributed by atoms with Crippen molar-refractivity contribution in [2.24, 2.45) is 5.92 Å². The predicted octanol–water partition coefficient (Wildman–Crippen LogP) is 3.20. The highest BCUT2D eigenvalue weighted by atomic mass is 16.3. The summed E-state index contributed by atoms with van der Waals surface area (Å²) in [6, 6.07) is 11.9. The third kappa shape index (κ3) is 3.63. The van der Waals surface area contributed by atoms with Crippen molar-refractivity contribution >= 4 is 16.6 Å². The zero-order valence-electron chi connectivity index (χ0n) is 16.3. The summed E-state index contributed by atoms with van der Waals surface area (Å²) in [5.41, 5.74) is 4.04. The molecule has 0 radical (unpaired) electrons. The highest BCUT2D eigenvalue weighted by Gasteiger charge is 2.26. The molecule has 4 aromatic rings. The molecule has 7 heteroatoms. The van der Waals surface area contributed by atoms with Gasteiger partial charge in [0.05, 0.1) is 11.8 Å². The molecule has 1 aliphatic carbocycles. The van der Waals surface area contributed by atoms with E-state index in [1.54, 1.807) is 10.8 Å². The Morgan fingerprint density at radius 2 is 1.97 bits per heavy atom. The monoisotopic (exact) mass is 390 g/mol. The average molecular weight is 390 g/mol. The number of fused-ring (bicyclic) bond motifs is 3. The molecule has 3 N–H and O–H groups in total. The molecule has 0 bridgehead atoms. The molecule has 3 heterocycles. The van der Waals surface area contributed by atoms with Crippen LogP contribution in [0.25, 0.3) is 16.6 Å². The van der Waals surface area contributed by atoms with E-state index in [1.165, 1.54) is 12.8 Å². The number of nitrogens with one attached hydrogen (secondary N) is 2. The fraction of sp³-hybridized carbons (Fsp3) is 0.409. The summed E-state index contributed by atoms with van der Waals surface area (Å²) < 4.78 is 1.80. The van der Waals surface area contributed by atoms with Crippen LogP contribution in [0.5, 0.6) is 0 Å². The van der Waals surface area contributed by atoms with Gasteiger partial charge in [0.15, 0.2) is 0 Å². The Morgan fingerprint density at radius 3 is 2.79 bits per heavy atom. The summed E-state index contributed by atoms with van der Waals surface area (Å²) in [4.78, 5) is 7.56. The number of hydrogen-bond acceptors (Lipinski definition) is 5. The number of nitrogens with zero attached hydrogens (tertiary/aromatic N) is 4. The van der Waals surface area contributed by atoms with E-state index in [-0.39, 0.29) is 0 Å². The van der Waals surface area contributed by atoms with E-state index in [0.29, 0.717) is 18.4 Å². The number of benzene rings is 1. The van der Waals surface area contributed by atoms with Crippen molar-refractivity contribution in [1.82, 2.24) is 30.1 Å². The Morgan fingerprint density at radius 1 is 1.14 bits per heavy atom. The van der Waals surface area contributed by atoms with Gasteiger partial charge in [0.2, 0.25) is 0 Å². The Kier molecular flexibility index (Phi) is 4.99. The Bertz CT molecular complexity index is 1080. The van der Waals surface area contributed by atoms with E-state index in [0.717, 1.165) is 47.2 Å². The van der Waals surface area contributed by atoms with Crippen LogP contribution in [-0.4, -0.2) is 43.0 Å². The van der Waals surface area contributed by atoms with E-state index in [1.807, 2.05) is 36.5 Å². The molecule has 5 rings (SSSR count). The van der Waals surface area contributed by atoms with Crippen LogP contribution in [0, 0.1) is 5.92 Å². The average Bonchev–Trinajstić information content (AvgIpc) is 3.41. The molecule has 0 saturated heterocycles. The fourth-order valence-corrected chi connectivity index (χ4v) is 4.55. The summed E-state index contributed by atoms with van der Waals surface area (Å²) in [6.07, 6.45) is 7.78. The second-order valence-electron chi connectivity index (χ2n) is 8.05. The van der Waals surface area contributed by atoms with Crippen molar-refractivity contribution in [2.45, 2.75) is 37.7 Å². The lowest BCUT2D eigenvalue weighted by Gasteiger charge is -2.28. The lowest BCUT2D eigenvalue weighted by Crippen LogP contribution is -2.29. The molecule has 0 spiro atoms. The Labute approximate surface area is 169 Å². The van der Waals surface area contributed by atoms with Crippen LogP contribution in [-0.2, 0) is 0 Å². The minimum Gasteiger partial charge on any atom is -0.387 e. The number of aromatic nitrogens is 5. The lowest BCUT2D eigenvalue weighted by atomic mass is 9.80. The second-order valence-corrected chi connectivity index (χ2v) is 8.05. The van der Waals surface area contributed by atoms with Gasteiger partial charge in [0.25, 0.3) is 0 Å². The highest BCUT2D eigenvalue weighted by molar-refractivity contribution is 5.92. The van der Waals surface area contributed by atoms with Gasteiger partial charge in [0.1, 0.15) is 17.5 Å². The van der Waals surface area contributed by atoms with Crippen LogP contribution in [0.15, 0.2) is 48.9 Å². The van der Waals surface area contributed by atoms with Gasteiger partial charge < -0.3 is 15.4 Å². The van der Waals surface area contributed by atoms with Crippen LogP contribution < -0.4 is 5.32 Å². The molecule has 1 aliphatic rings. The second kappa shape index (κ2) is 7.93.